The molecule has 0 aromatic carbocycles. The first-order chi connectivity index (χ1) is 7.89. The summed E-state index contributed by atoms with van der Waals surface area (Å²) in [4.78, 5) is 10.5. The van der Waals surface area contributed by atoms with Crippen LogP contribution in [0, 0.1) is 0 Å². The number of hydrogen-bond acceptors (Lipinski definition) is 4. The monoisotopic (exact) mass is 239 g/mol. The predicted octanol–water partition coefficient (Wildman–Crippen LogP) is 0.388. The summed E-state index contributed by atoms with van der Waals surface area (Å²) in [5.41, 5.74) is 5.90. The highest BCUT2D eigenvalue weighted by molar-refractivity contribution is 5.73. The standard InChI is InChI=1S/C11H21N5O/c1-11(2,3)16-8-9(14-15-16)7-13-6-4-5-10(12)17/h8,13H,4-7H2,1-3H3,(H2,12,17). The fourth-order valence-corrected chi connectivity index (χ4v) is 1.31. The highest BCUT2D eigenvalue weighted by Crippen LogP contribution is 2.11. The SMILES string of the molecule is CC(C)(C)n1cc(CNCCCC(N)=O)nn1. The van der Waals surface area contributed by atoms with Gasteiger partial charge in [-0.15, -0.1) is 5.10 Å². The number of primary amides is 1. The molecule has 0 saturated heterocycles. The van der Waals surface area contributed by atoms with E-state index >= 15 is 0 Å². The lowest BCUT2D eigenvalue weighted by molar-refractivity contribution is -0.118. The number of aromatic nitrogens is 3. The maximum absolute atomic E-state index is 10.5. The van der Waals surface area contributed by atoms with Crippen LogP contribution in [0.3, 0.4) is 0 Å². The zero-order valence-corrected chi connectivity index (χ0v) is 10.7. The van der Waals surface area contributed by atoms with Crippen molar-refractivity contribution < 1.29 is 4.79 Å². The topological polar surface area (TPSA) is 85.8 Å². The molecule has 0 aliphatic carbocycles. The van der Waals surface area contributed by atoms with Gasteiger partial charge in [-0.25, -0.2) is 4.68 Å². The van der Waals surface area contributed by atoms with Crippen molar-refractivity contribution in [3.63, 3.8) is 0 Å². The second-order valence-corrected chi connectivity index (χ2v) is 5.07. The third kappa shape index (κ3) is 4.95. The Balaban J connectivity index is 2.28. The highest BCUT2D eigenvalue weighted by Gasteiger charge is 2.14. The van der Waals surface area contributed by atoms with E-state index in [-0.39, 0.29) is 11.4 Å². The van der Waals surface area contributed by atoms with Crippen LogP contribution in [-0.4, -0.2) is 27.4 Å². The van der Waals surface area contributed by atoms with Gasteiger partial charge in [0.1, 0.15) is 0 Å². The lowest BCUT2D eigenvalue weighted by atomic mass is 10.1. The van der Waals surface area contributed by atoms with Crippen molar-refractivity contribution >= 4 is 5.91 Å². The summed E-state index contributed by atoms with van der Waals surface area (Å²) < 4.78 is 1.84. The number of amides is 1. The third-order valence-electron chi connectivity index (χ3n) is 2.31. The lowest BCUT2D eigenvalue weighted by Crippen LogP contribution is -2.22. The molecule has 1 aromatic heterocycles. The molecule has 6 heteroatoms. The quantitative estimate of drug-likeness (QED) is 0.703. The molecule has 96 valence electrons. The molecule has 0 aliphatic rings. The first-order valence-electron chi connectivity index (χ1n) is 5.80. The molecule has 1 amide bonds. The Bertz CT molecular complexity index is 366. The number of carbonyl (C=O) groups excluding carboxylic acids is 1. The molecule has 1 rings (SSSR count). The molecule has 1 heterocycles. The summed E-state index contributed by atoms with van der Waals surface area (Å²) in [7, 11) is 0. The Morgan fingerprint density at radius 3 is 2.76 bits per heavy atom. The summed E-state index contributed by atoms with van der Waals surface area (Å²) in [6.07, 6.45) is 3.10. The van der Waals surface area contributed by atoms with Crippen LogP contribution in [-0.2, 0) is 16.9 Å². The second kappa shape index (κ2) is 5.77. The minimum Gasteiger partial charge on any atom is -0.370 e. The van der Waals surface area contributed by atoms with Crippen LogP contribution in [0.5, 0.6) is 0 Å². The Labute approximate surface area is 102 Å². The van der Waals surface area contributed by atoms with E-state index in [1.165, 1.54) is 0 Å². The van der Waals surface area contributed by atoms with Gasteiger partial charge in [-0.3, -0.25) is 4.79 Å². The maximum Gasteiger partial charge on any atom is 0.217 e. The van der Waals surface area contributed by atoms with Gasteiger partial charge in [-0.1, -0.05) is 5.21 Å². The van der Waals surface area contributed by atoms with Gasteiger partial charge in [0.2, 0.25) is 5.91 Å². The highest BCUT2D eigenvalue weighted by atomic mass is 16.1. The van der Waals surface area contributed by atoms with Crippen molar-refractivity contribution in [1.82, 2.24) is 20.3 Å². The molecule has 0 unspecified atom stereocenters. The van der Waals surface area contributed by atoms with Crippen molar-refractivity contribution in [3.8, 4) is 0 Å². The van der Waals surface area contributed by atoms with Gasteiger partial charge in [0.25, 0.3) is 0 Å². The molecule has 0 fully saturated rings. The van der Waals surface area contributed by atoms with Crippen LogP contribution in [0.2, 0.25) is 0 Å². The van der Waals surface area contributed by atoms with E-state index in [1.54, 1.807) is 0 Å². The zero-order valence-electron chi connectivity index (χ0n) is 10.7. The van der Waals surface area contributed by atoms with E-state index in [0.717, 1.165) is 18.7 Å². The summed E-state index contributed by atoms with van der Waals surface area (Å²) in [6, 6.07) is 0. The van der Waals surface area contributed by atoms with E-state index in [0.29, 0.717) is 13.0 Å². The normalized spacial score (nSPS) is 11.7. The van der Waals surface area contributed by atoms with Gasteiger partial charge in [0.15, 0.2) is 0 Å². The minimum atomic E-state index is -0.259. The molecular weight excluding hydrogens is 218 g/mol. The van der Waals surface area contributed by atoms with E-state index in [9.17, 15) is 4.79 Å². The number of nitrogens with zero attached hydrogens (tertiary/aromatic N) is 3. The van der Waals surface area contributed by atoms with Crippen LogP contribution >= 0.6 is 0 Å². The first-order valence-corrected chi connectivity index (χ1v) is 5.80. The molecule has 0 atom stereocenters. The van der Waals surface area contributed by atoms with Crippen LogP contribution in [0.15, 0.2) is 6.20 Å². The summed E-state index contributed by atoms with van der Waals surface area (Å²) in [5.74, 6) is -0.259. The number of nitrogens with two attached hydrogens (primary N) is 1. The van der Waals surface area contributed by atoms with Crippen molar-refractivity contribution in [2.24, 2.45) is 5.73 Å². The first kappa shape index (κ1) is 13.6. The van der Waals surface area contributed by atoms with Crippen LogP contribution in [0.4, 0.5) is 0 Å². The molecule has 3 N–H and O–H groups in total. The smallest absolute Gasteiger partial charge is 0.217 e. The zero-order chi connectivity index (χ0) is 12.9. The average Bonchev–Trinajstić information content (AvgIpc) is 2.64. The number of carbonyl (C=O) groups is 1. The maximum atomic E-state index is 10.5. The molecule has 6 nitrogen and oxygen atoms in total. The lowest BCUT2D eigenvalue weighted by Gasteiger charge is -2.17. The molecule has 17 heavy (non-hydrogen) atoms. The molecule has 0 radical (unpaired) electrons. The summed E-state index contributed by atoms with van der Waals surface area (Å²) in [6.45, 7) is 7.64. The minimum absolute atomic E-state index is 0.0444. The Morgan fingerprint density at radius 1 is 1.53 bits per heavy atom. The van der Waals surface area contributed by atoms with Gasteiger partial charge in [0, 0.05) is 13.0 Å². The van der Waals surface area contributed by atoms with Crippen molar-refractivity contribution in [2.45, 2.75) is 45.7 Å². The number of nitrogens with one attached hydrogen (secondary N) is 1. The van der Waals surface area contributed by atoms with Crippen LogP contribution < -0.4 is 11.1 Å². The van der Waals surface area contributed by atoms with Crippen molar-refractivity contribution in [1.29, 1.82) is 0 Å². The predicted molar refractivity (Wildman–Crippen MR) is 65.2 cm³/mol. The number of rotatable bonds is 6. The van der Waals surface area contributed by atoms with E-state index in [1.807, 2.05) is 10.9 Å². The fourth-order valence-electron chi connectivity index (χ4n) is 1.31. The molecule has 1 aromatic rings. The fraction of sp³-hybridized carbons (Fsp3) is 0.727. The van der Waals surface area contributed by atoms with Gasteiger partial charge >= 0.3 is 0 Å². The van der Waals surface area contributed by atoms with Gasteiger partial charge in [-0.05, 0) is 33.7 Å². The summed E-state index contributed by atoms with van der Waals surface area (Å²) in [5, 5.41) is 11.3. The molecule has 0 saturated carbocycles. The number of hydrogen-bond donors (Lipinski definition) is 2. The van der Waals surface area contributed by atoms with E-state index < -0.39 is 0 Å². The molecule has 0 bridgehead atoms. The van der Waals surface area contributed by atoms with E-state index in [2.05, 4.69) is 36.4 Å². The van der Waals surface area contributed by atoms with Crippen LogP contribution in [0.25, 0.3) is 0 Å². The van der Waals surface area contributed by atoms with Gasteiger partial charge in [-0.2, -0.15) is 0 Å². The Kier molecular flexibility index (Phi) is 4.62. The van der Waals surface area contributed by atoms with Crippen LogP contribution in [0.1, 0.15) is 39.3 Å². The van der Waals surface area contributed by atoms with Gasteiger partial charge in [0.05, 0.1) is 17.4 Å². The Morgan fingerprint density at radius 2 is 2.24 bits per heavy atom. The second-order valence-electron chi connectivity index (χ2n) is 5.07. The molecule has 0 aliphatic heterocycles. The Hall–Kier alpha value is -1.43. The summed E-state index contributed by atoms with van der Waals surface area (Å²) >= 11 is 0. The van der Waals surface area contributed by atoms with Crippen molar-refractivity contribution in [2.75, 3.05) is 6.54 Å². The van der Waals surface area contributed by atoms with E-state index in [4.69, 9.17) is 5.73 Å². The van der Waals surface area contributed by atoms with Gasteiger partial charge < -0.3 is 11.1 Å². The largest absolute Gasteiger partial charge is 0.370 e. The third-order valence-corrected chi connectivity index (χ3v) is 2.31. The molecular formula is C11H21N5O. The molecule has 0 spiro atoms. The average molecular weight is 239 g/mol. The van der Waals surface area contributed by atoms with Crippen molar-refractivity contribution in [3.05, 3.63) is 11.9 Å².